The first kappa shape index (κ1) is 9.18. The lowest BCUT2D eigenvalue weighted by atomic mass is 10.3. The minimum atomic E-state index is -0.553. The van der Waals surface area contributed by atoms with E-state index in [1.54, 1.807) is 0 Å². The average molecular weight is 177 g/mol. The molecule has 0 saturated heterocycles. The number of nitrogens with zero attached hydrogens (tertiary/aromatic N) is 3. The van der Waals surface area contributed by atoms with Gasteiger partial charge in [0.05, 0.1) is 0 Å². The third-order valence-corrected chi connectivity index (χ3v) is 1.39. The first-order chi connectivity index (χ1) is 6.15. The van der Waals surface area contributed by atoms with Crippen LogP contribution in [0, 0.1) is 0 Å². The zero-order valence-electron chi connectivity index (χ0n) is 7.02. The Labute approximate surface area is 74.5 Å². The summed E-state index contributed by atoms with van der Waals surface area (Å²) in [5.41, 5.74) is 0.306. The van der Waals surface area contributed by atoms with E-state index in [0.29, 0.717) is 0 Å². The van der Waals surface area contributed by atoms with E-state index in [1.165, 1.54) is 19.1 Å². The number of rotatable bonds is 2. The number of Topliss-reactive ketones (excluding diaryl/α,β-unsaturated/α-hetero) is 1. The van der Waals surface area contributed by atoms with Crippen molar-refractivity contribution in [3.05, 3.63) is 23.5 Å². The lowest BCUT2D eigenvalue weighted by Crippen LogP contribution is -2.04. The van der Waals surface area contributed by atoms with Crippen molar-refractivity contribution in [2.75, 3.05) is 0 Å². The highest BCUT2D eigenvalue weighted by molar-refractivity contribution is 5.96. The van der Waals surface area contributed by atoms with Gasteiger partial charge in [0.25, 0.3) is 5.91 Å². The summed E-state index contributed by atoms with van der Waals surface area (Å²) in [6.07, 6.45) is 0. The largest absolute Gasteiger partial charge is 0.296 e. The monoisotopic (exact) mass is 177 g/mol. The third-order valence-electron chi connectivity index (χ3n) is 1.39. The Bertz CT molecular complexity index is 356. The van der Waals surface area contributed by atoms with E-state index in [0.717, 1.165) is 0 Å². The molecular weight excluding hydrogens is 170 g/mol. The van der Waals surface area contributed by atoms with Gasteiger partial charge in [0, 0.05) is 6.92 Å². The highest BCUT2D eigenvalue weighted by Gasteiger charge is 2.06. The quantitative estimate of drug-likeness (QED) is 0.487. The molecule has 0 aliphatic carbocycles. The molecule has 0 saturated carbocycles. The van der Waals surface area contributed by atoms with Gasteiger partial charge in [-0.1, -0.05) is 0 Å². The Morgan fingerprint density at radius 1 is 1.31 bits per heavy atom. The van der Waals surface area contributed by atoms with E-state index >= 15 is 0 Å². The summed E-state index contributed by atoms with van der Waals surface area (Å²) < 4.78 is 0. The van der Waals surface area contributed by atoms with Crippen LogP contribution < -0.4 is 0 Å². The molecule has 13 heavy (non-hydrogen) atoms. The van der Waals surface area contributed by atoms with Gasteiger partial charge in [-0.05, 0) is 18.9 Å². The first-order valence-corrected chi connectivity index (χ1v) is 3.51. The molecule has 1 aromatic rings. The third kappa shape index (κ3) is 2.02. The minimum Gasteiger partial charge on any atom is -0.293 e. The number of ketones is 1. The fraction of sp³-hybridized carbons (Fsp3) is 0.125. The van der Waals surface area contributed by atoms with Crippen LogP contribution in [0.25, 0.3) is 0 Å². The standard InChI is InChI=1S/C8H7N3O2/c1-5(12)6-3-4-7(11-10-6)8(13)9-2/h3-4H,2H2,1H3. The highest BCUT2D eigenvalue weighted by atomic mass is 16.1. The molecular formula is C8H7N3O2. The number of carbonyl (C=O) groups is 2. The van der Waals surface area contributed by atoms with Gasteiger partial charge < -0.3 is 0 Å². The normalized spacial score (nSPS) is 9.31. The van der Waals surface area contributed by atoms with Gasteiger partial charge in [0.1, 0.15) is 5.69 Å². The van der Waals surface area contributed by atoms with Crippen LogP contribution in [0.15, 0.2) is 17.1 Å². The Balaban J connectivity index is 3.00. The predicted molar refractivity (Wildman–Crippen MR) is 45.9 cm³/mol. The fourth-order valence-electron chi connectivity index (χ4n) is 0.715. The van der Waals surface area contributed by atoms with Gasteiger partial charge in [0.15, 0.2) is 11.5 Å². The lowest BCUT2D eigenvalue weighted by molar-refractivity contribution is 0.0987. The molecule has 0 aliphatic heterocycles. The Morgan fingerprint density at radius 3 is 2.23 bits per heavy atom. The van der Waals surface area contributed by atoms with Crippen LogP contribution in [0.2, 0.25) is 0 Å². The van der Waals surface area contributed by atoms with Gasteiger partial charge in [-0.15, -0.1) is 10.2 Å². The molecule has 0 fully saturated rings. The zero-order valence-corrected chi connectivity index (χ0v) is 7.02. The molecule has 0 aromatic carbocycles. The van der Waals surface area contributed by atoms with Crippen LogP contribution in [0.3, 0.4) is 0 Å². The number of amides is 1. The SMILES string of the molecule is C=NC(=O)c1ccc(C(C)=O)nn1. The van der Waals surface area contributed by atoms with Crippen molar-refractivity contribution >= 4 is 18.4 Å². The number of aliphatic imine (C=N–C) groups is 1. The smallest absolute Gasteiger partial charge is 0.293 e. The van der Waals surface area contributed by atoms with Crippen LogP contribution in [0.5, 0.6) is 0 Å². The summed E-state index contributed by atoms with van der Waals surface area (Å²) in [4.78, 5) is 24.8. The summed E-state index contributed by atoms with van der Waals surface area (Å²) in [6, 6.07) is 2.81. The molecule has 1 heterocycles. The number of hydrogen-bond donors (Lipinski definition) is 0. The second-order valence-electron chi connectivity index (χ2n) is 2.32. The predicted octanol–water partition coefficient (Wildman–Crippen LogP) is 0.520. The molecule has 1 rings (SSSR count). The molecule has 1 amide bonds. The van der Waals surface area contributed by atoms with Crippen molar-refractivity contribution in [3.63, 3.8) is 0 Å². The molecule has 0 unspecified atom stereocenters. The summed E-state index contributed by atoms with van der Waals surface area (Å²) in [7, 11) is 0. The molecule has 66 valence electrons. The zero-order chi connectivity index (χ0) is 9.84. The molecule has 0 N–H and O–H groups in total. The lowest BCUT2D eigenvalue weighted by Gasteiger charge is -1.94. The maximum atomic E-state index is 10.9. The average Bonchev–Trinajstić information content (AvgIpc) is 2.17. The van der Waals surface area contributed by atoms with E-state index in [-0.39, 0.29) is 17.2 Å². The van der Waals surface area contributed by atoms with E-state index in [2.05, 4.69) is 21.9 Å². The van der Waals surface area contributed by atoms with E-state index in [9.17, 15) is 9.59 Å². The summed E-state index contributed by atoms with van der Waals surface area (Å²) in [6.45, 7) is 4.43. The second kappa shape index (κ2) is 3.66. The molecule has 0 radical (unpaired) electrons. The topological polar surface area (TPSA) is 72.3 Å². The van der Waals surface area contributed by atoms with Crippen molar-refractivity contribution in [2.45, 2.75) is 6.92 Å². The first-order valence-electron chi connectivity index (χ1n) is 3.51. The fourth-order valence-corrected chi connectivity index (χ4v) is 0.715. The van der Waals surface area contributed by atoms with Crippen molar-refractivity contribution in [3.8, 4) is 0 Å². The molecule has 5 heteroatoms. The maximum Gasteiger partial charge on any atom is 0.296 e. The summed E-state index contributed by atoms with van der Waals surface area (Å²) >= 11 is 0. The number of aromatic nitrogens is 2. The molecule has 5 nitrogen and oxygen atoms in total. The van der Waals surface area contributed by atoms with Crippen molar-refractivity contribution in [1.82, 2.24) is 10.2 Å². The van der Waals surface area contributed by atoms with Crippen molar-refractivity contribution in [2.24, 2.45) is 4.99 Å². The Hall–Kier alpha value is -1.91. The van der Waals surface area contributed by atoms with Crippen LogP contribution in [0.1, 0.15) is 27.9 Å². The van der Waals surface area contributed by atoms with Gasteiger partial charge in [-0.2, -0.15) is 0 Å². The molecule has 0 atom stereocenters. The van der Waals surface area contributed by atoms with Crippen LogP contribution in [-0.4, -0.2) is 28.6 Å². The maximum absolute atomic E-state index is 10.9. The van der Waals surface area contributed by atoms with Gasteiger partial charge in [-0.25, -0.2) is 4.99 Å². The van der Waals surface area contributed by atoms with Gasteiger partial charge in [-0.3, -0.25) is 9.59 Å². The molecule has 1 aromatic heterocycles. The van der Waals surface area contributed by atoms with Crippen molar-refractivity contribution in [1.29, 1.82) is 0 Å². The van der Waals surface area contributed by atoms with Gasteiger partial charge in [0.2, 0.25) is 0 Å². The second-order valence-corrected chi connectivity index (χ2v) is 2.32. The Morgan fingerprint density at radius 2 is 1.85 bits per heavy atom. The summed E-state index contributed by atoms with van der Waals surface area (Å²) in [5, 5.41) is 7.06. The van der Waals surface area contributed by atoms with Gasteiger partial charge >= 0.3 is 0 Å². The van der Waals surface area contributed by atoms with E-state index in [1.807, 2.05) is 0 Å². The molecule has 0 aliphatic rings. The highest BCUT2D eigenvalue weighted by Crippen LogP contribution is 1.98. The van der Waals surface area contributed by atoms with E-state index < -0.39 is 5.91 Å². The van der Waals surface area contributed by atoms with Crippen molar-refractivity contribution < 1.29 is 9.59 Å². The van der Waals surface area contributed by atoms with E-state index in [4.69, 9.17) is 0 Å². The van der Waals surface area contributed by atoms with Crippen LogP contribution in [-0.2, 0) is 0 Å². The van der Waals surface area contributed by atoms with Crippen LogP contribution >= 0.6 is 0 Å². The number of carbonyl (C=O) groups excluding carboxylic acids is 2. The van der Waals surface area contributed by atoms with Crippen LogP contribution in [0.4, 0.5) is 0 Å². The molecule has 0 bridgehead atoms. The summed E-state index contributed by atoms with van der Waals surface area (Å²) in [5.74, 6) is -0.749. The molecule has 0 spiro atoms. The number of hydrogen-bond acceptors (Lipinski definition) is 4. The Kier molecular flexibility index (Phi) is 2.59. The minimum absolute atomic E-state index is 0.0833.